The lowest BCUT2D eigenvalue weighted by atomic mass is 10.3. The smallest absolute Gasteiger partial charge is 0.271 e. The number of aliphatic hydroxyl groups is 1. The van der Waals surface area contributed by atoms with E-state index in [2.05, 4.69) is 15.5 Å². The van der Waals surface area contributed by atoms with E-state index in [9.17, 15) is 9.59 Å². The molecule has 1 aromatic rings. The van der Waals surface area contributed by atoms with Crippen LogP contribution in [0.25, 0.3) is 0 Å². The Balaban J connectivity index is 2.21. The molecule has 0 bridgehead atoms. The maximum atomic E-state index is 11.5. The van der Waals surface area contributed by atoms with Crippen LogP contribution in [-0.4, -0.2) is 47.6 Å². The Bertz CT molecular complexity index is 384. The van der Waals surface area contributed by atoms with Crippen LogP contribution < -0.4 is 10.9 Å². The maximum Gasteiger partial charge on any atom is 0.271 e. The number of aromatic amines is 1. The van der Waals surface area contributed by atoms with E-state index in [0.29, 0.717) is 26.2 Å². The van der Waals surface area contributed by atoms with Crippen molar-refractivity contribution < 1.29 is 14.6 Å². The van der Waals surface area contributed by atoms with Gasteiger partial charge in [0, 0.05) is 19.2 Å². The fraction of sp³-hybridized carbons (Fsp3) is 0.500. The lowest BCUT2D eigenvalue weighted by molar-refractivity contribution is 0.0865. The second-order valence-corrected chi connectivity index (χ2v) is 3.25. The van der Waals surface area contributed by atoms with E-state index < -0.39 is 0 Å². The molecule has 0 radical (unpaired) electrons. The number of rotatable bonds is 7. The SMILES string of the molecule is O=C(NCCCOCCO)c1ccc(=O)[nH]n1. The summed E-state index contributed by atoms with van der Waals surface area (Å²) < 4.78 is 5.02. The first-order valence-electron chi connectivity index (χ1n) is 5.26. The van der Waals surface area contributed by atoms with Gasteiger partial charge in [-0.15, -0.1) is 0 Å². The molecule has 1 aromatic heterocycles. The van der Waals surface area contributed by atoms with E-state index in [1.54, 1.807) is 0 Å². The number of nitrogens with one attached hydrogen (secondary N) is 2. The van der Waals surface area contributed by atoms with Gasteiger partial charge in [-0.2, -0.15) is 5.10 Å². The summed E-state index contributed by atoms with van der Waals surface area (Å²) >= 11 is 0. The molecule has 0 saturated heterocycles. The molecule has 17 heavy (non-hydrogen) atoms. The van der Waals surface area contributed by atoms with E-state index in [1.165, 1.54) is 12.1 Å². The van der Waals surface area contributed by atoms with Crippen LogP contribution >= 0.6 is 0 Å². The number of hydrogen-bond acceptors (Lipinski definition) is 5. The highest BCUT2D eigenvalue weighted by Crippen LogP contribution is 1.89. The Kier molecular flexibility index (Phi) is 5.91. The van der Waals surface area contributed by atoms with Crippen LogP contribution in [-0.2, 0) is 4.74 Å². The first-order chi connectivity index (χ1) is 8.24. The van der Waals surface area contributed by atoms with Crippen molar-refractivity contribution in [3.63, 3.8) is 0 Å². The summed E-state index contributed by atoms with van der Waals surface area (Å²) in [6.45, 7) is 1.22. The highest BCUT2D eigenvalue weighted by molar-refractivity contribution is 5.91. The molecule has 0 fully saturated rings. The van der Waals surface area contributed by atoms with Crippen molar-refractivity contribution in [3.8, 4) is 0 Å². The number of ether oxygens (including phenoxy) is 1. The fourth-order valence-electron chi connectivity index (χ4n) is 1.10. The summed E-state index contributed by atoms with van der Waals surface area (Å²) in [5, 5.41) is 16.9. The molecular formula is C10H15N3O4. The minimum atomic E-state index is -0.348. The Morgan fingerprint density at radius 3 is 2.94 bits per heavy atom. The molecule has 1 amide bonds. The monoisotopic (exact) mass is 241 g/mol. The lowest BCUT2D eigenvalue weighted by Gasteiger charge is -2.04. The van der Waals surface area contributed by atoms with Crippen molar-refractivity contribution in [2.75, 3.05) is 26.4 Å². The maximum absolute atomic E-state index is 11.5. The summed E-state index contributed by atoms with van der Waals surface area (Å²) in [7, 11) is 0. The van der Waals surface area contributed by atoms with Gasteiger partial charge < -0.3 is 15.2 Å². The Morgan fingerprint density at radius 2 is 2.29 bits per heavy atom. The quantitative estimate of drug-likeness (QED) is 0.525. The zero-order valence-electron chi connectivity index (χ0n) is 9.31. The van der Waals surface area contributed by atoms with Crippen LogP contribution in [0, 0.1) is 0 Å². The predicted octanol–water partition coefficient (Wildman–Crippen LogP) is -1.10. The van der Waals surface area contributed by atoms with Gasteiger partial charge in [0.25, 0.3) is 11.5 Å². The zero-order valence-corrected chi connectivity index (χ0v) is 9.31. The van der Waals surface area contributed by atoms with Gasteiger partial charge in [0.15, 0.2) is 0 Å². The molecule has 0 saturated carbocycles. The lowest BCUT2D eigenvalue weighted by Crippen LogP contribution is -2.27. The minimum absolute atomic E-state index is 0.00629. The molecule has 0 aromatic carbocycles. The second kappa shape index (κ2) is 7.53. The highest BCUT2D eigenvalue weighted by atomic mass is 16.5. The molecule has 0 spiro atoms. The summed E-state index contributed by atoms with van der Waals surface area (Å²) in [6.07, 6.45) is 0.648. The molecule has 94 valence electrons. The Hall–Kier alpha value is -1.73. The minimum Gasteiger partial charge on any atom is -0.394 e. The van der Waals surface area contributed by atoms with Gasteiger partial charge in [0.1, 0.15) is 5.69 Å². The molecule has 1 rings (SSSR count). The van der Waals surface area contributed by atoms with Crippen molar-refractivity contribution in [3.05, 3.63) is 28.2 Å². The standard InChI is InChI=1S/C10H15N3O4/c14-5-7-17-6-1-4-11-10(16)8-2-3-9(15)13-12-8/h2-3,14H,1,4-7H2,(H,11,16)(H,13,15). The largest absolute Gasteiger partial charge is 0.394 e. The summed E-state index contributed by atoms with van der Waals surface area (Å²) in [5.41, 5.74) is -0.181. The molecule has 0 unspecified atom stereocenters. The number of H-pyrrole nitrogens is 1. The third-order valence-electron chi connectivity index (χ3n) is 1.90. The number of aliphatic hydroxyl groups excluding tert-OH is 1. The molecular weight excluding hydrogens is 226 g/mol. The van der Waals surface area contributed by atoms with Gasteiger partial charge in [-0.3, -0.25) is 9.59 Å². The number of carbonyl (C=O) groups is 1. The fourth-order valence-corrected chi connectivity index (χ4v) is 1.10. The van der Waals surface area contributed by atoms with E-state index in [-0.39, 0.29) is 23.8 Å². The van der Waals surface area contributed by atoms with Gasteiger partial charge in [0.2, 0.25) is 0 Å². The van der Waals surface area contributed by atoms with Crippen LogP contribution in [0.3, 0.4) is 0 Å². The highest BCUT2D eigenvalue weighted by Gasteiger charge is 2.05. The molecule has 1 heterocycles. The number of aromatic nitrogens is 2. The predicted molar refractivity (Wildman–Crippen MR) is 59.7 cm³/mol. The summed E-state index contributed by atoms with van der Waals surface area (Å²) in [4.78, 5) is 22.2. The summed E-state index contributed by atoms with van der Waals surface area (Å²) in [5.74, 6) is -0.344. The van der Waals surface area contributed by atoms with E-state index in [4.69, 9.17) is 9.84 Å². The van der Waals surface area contributed by atoms with Gasteiger partial charge in [-0.1, -0.05) is 0 Å². The van der Waals surface area contributed by atoms with Crippen LogP contribution in [0.1, 0.15) is 16.9 Å². The number of nitrogens with zero attached hydrogens (tertiary/aromatic N) is 1. The van der Waals surface area contributed by atoms with Crippen LogP contribution in [0.5, 0.6) is 0 Å². The van der Waals surface area contributed by atoms with Gasteiger partial charge in [-0.25, -0.2) is 5.10 Å². The van der Waals surface area contributed by atoms with Crippen LogP contribution in [0.15, 0.2) is 16.9 Å². The first kappa shape index (κ1) is 13.3. The normalized spacial score (nSPS) is 10.2. The second-order valence-electron chi connectivity index (χ2n) is 3.25. The molecule has 0 aliphatic rings. The first-order valence-corrected chi connectivity index (χ1v) is 5.26. The average Bonchev–Trinajstić information content (AvgIpc) is 2.34. The third-order valence-corrected chi connectivity index (χ3v) is 1.90. The molecule has 7 heteroatoms. The van der Waals surface area contributed by atoms with Crippen LogP contribution in [0.2, 0.25) is 0 Å². The zero-order chi connectivity index (χ0) is 12.5. The Morgan fingerprint density at radius 1 is 1.47 bits per heavy atom. The van der Waals surface area contributed by atoms with Crippen LogP contribution in [0.4, 0.5) is 0 Å². The number of amides is 1. The average molecular weight is 241 g/mol. The van der Waals surface area contributed by atoms with E-state index in [0.717, 1.165) is 0 Å². The topological polar surface area (TPSA) is 104 Å². The summed E-state index contributed by atoms with van der Waals surface area (Å²) in [6, 6.07) is 2.60. The molecule has 0 atom stereocenters. The molecule has 0 aliphatic carbocycles. The molecule has 3 N–H and O–H groups in total. The number of carbonyl (C=O) groups excluding carboxylic acids is 1. The van der Waals surface area contributed by atoms with E-state index in [1.807, 2.05) is 0 Å². The van der Waals surface area contributed by atoms with Gasteiger partial charge in [0.05, 0.1) is 13.2 Å². The molecule has 7 nitrogen and oxygen atoms in total. The number of hydrogen-bond donors (Lipinski definition) is 3. The van der Waals surface area contributed by atoms with Crippen molar-refractivity contribution in [1.82, 2.24) is 15.5 Å². The van der Waals surface area contributed by atoms with E-state index >= 15 is 0 Å². The Labute approximate surface area is 97.8 Å². The van der Waals surface area contributed by atoms with Crippen molar-refractivity contribution >= 4 is 5.91 Å². The van der Waals surface area contributed by atoms with Gasteiger partial charge >= 0.3 is 0 Å². The van der Waals surface area contributed by atoms with Crippen molar-refractivity contribution in [1.29, 1.82) is 0 Å². The van der Waals surface area contributed by atoms with Crippen molar-refractivity contribution in [2.45, 2.75) is 6.42 Å². The van der Waals surface area contributed by atoms with Gasteiger partial charge in [-0.05, 0) is 12.5 Å². The van der Waals surface area contributed by atoms with Crippen molar-refractivity contribution in [2.24, 2.45) is 0 Å². The molecule has 0 aliphatic heterocycles. The third kappa shape index (κ3) is 5.23.